The normalized spacial score (nSPS) is 12.4. The quantitative estimate of drug-likeness (QED) is 0.844. The molecule has 0 fully saturated rings. The summed E-state index contributed by atoms with van der Waals surface area (Å²) in [5.41, 5.74) is 2.13. The van der Waals surface area contributed by atoms with Crippen LogP contribution in [0.15, 0.2) is 48.5 Å². The second-order valence-electron chi connectivity index (χ2n) is 4.47. The molecule has 1 atom stereocenters. The standard InChI is InChI=1S/C16H17ClFN/c1-2-10-19-16(12-6-4-3-5-7-12)13-8-9-15(18)14(17)11-13/h3-9,11,16,19H,2,10H2,1H3. The molecule has 0 amide bonds. The van der Waals surface area contributed by atoms with Crippen LogP contribution in [-0.2, 0) is 0 Å². The third kappa shape index (κ3) is 3.55. The fourth-order valence-electron chi connectivity index (χ4n) is 2.05. The van der Waals surface area contributed by atoms with Crippen LogP contribution in [0.1, 0.15) is 30.5 Å². The molecule has 1 N–H and O–H groups in total. The summed E-state index contributed by atoms with van der Waals surface area (Å²) in [5, 5.41) is 3.63. The van der Waals surface area contributed by atoms with Gasteiger partial charge in [0.25, 0.3) is 0 Å². The predicted octanol–water partition coefficient (Wildman–Crippen LogP) is 4.57. The molecular weight excluding hydrogens is 261 g/mol. The van der Waals surface area contributed by atoms with Gasteiger partial charge in [0.05, 0.1) is 11.1 Å². The molecule has 1 nitrogen and oxygen atoms in total. The summed E-state index contributed by atoms with van der Waals surface area (Å²) in [4.78, 5) is 0. The van der Waals surface area contributed by atoms with E-state index in [0.717, 1.165) is 24.1 Å². The monoisotopic (exact) mass is 277 g/mol. The zero-order valence-corrected chi connectivity index (χ0v) is 11.6. The van der Waals surface area contributed by atoms with E-state index in [1.54, 1.807) is 12.1 Å². The molecule has 0 saturated carbocycles. The lowest BCUT2D eigenvalue weighted by molar-refractivity contribution is 0.593. The van der Waals surface area contributed by atoms with Crippen molar-refractivity contribution in [1.29, 1.82) is 0 Å². The van der Waals surface area contributed by atoms with Gasteiger partial charge in [-0.25, -0.2) is 4.39 Å². The van der Waals surface area contributed by atoms with Gasteiger partial charge in [0, 0.05) is 0 Å². The Morgan fingerprint density at radius 3 is 2.47 bits per heavy atom. The summed E-state index contributed by atoms with van der Waals surface area (Å²) >= 11 is 5.88. The van der Waals surface area contributed by atoms with Gasteiger partial charge in [-0.1, -0.05) is 54.9 Å². The maximum atomic E-state index is 13.3. The van der Waals surface area contributed by atoms with Crippen molar-refractivity contribution in [2.24, 2.45) is 0 Å². The Morgan fingerprint density at radius 2 is 1.84 bits per heavy atom. The molecule has 0 aliphatic carbocycles. The number of hydrogen-bond acceptors (Lipinski definition) is 1. The summed E-state index contributed by atoms with van der Waals surface area (Å²) in [6, 6.07) is 15.0. The highest BCUT2D eigenvalue weighted by Crippen LogP contribution is 2.25. The first-order valence-electron chi connectivity index (χ1n) is 6.45. The summed E-state index contributed by atoms with van der Waals surface area (Å²) in [5.74, 6) is -0.382. The van der Waals surface area contributed by atoms with E-state index in [-0.39, 0.29) is 16.9 Å². The van der Waals surface area contributed by atoms with Gasteiger partial charge in [0.2, 0.25) is 0 Å². The van der Waals surface area contributed by atoms with Crippen LogP contribution in [0.5, 0.6) is 0 Å². The Morgan fingerprint density at radius 1 is 1.11 bits per heavy atom. The summed E-state index contributed by atoms with van der Waals surface area (Å²) in [7, 11) is 0. The van der Waals surface area contributed by atoms with Crippen molar-refractivity contribution in [2.45, 2.75) is 19.4 Å². The van der Waals surface area contributed by atoms with E-state index in [0.29, 0.717) is 0 Å². The lowest BCUT2D eigenvalue weighted by Gasteiger charge is -2.20. The molecule has 0 heterocycles. The first-order valence-corrected chi connectivity index (χ1v) is 6.83. The Kier molecular flexibility index (Phi) is 4.94. The van der Waals surface area contributed by atoms with Crippen LogP contribution < -0.4 is 5.32 Å². The van der Waals surface area contributed by atoms with Gasteiger partial charge in [-0.3, -0.25) is 0 Å². The number of hydrogen-bond donors (Lipinski definition) is 1. The van der Waals surface area contributed by atoms with E-state index in [1.165, 1.54) is 6.07 Å². The third-order valence-corrected chi connectivity index (χ3v) is 3.30. The van der Waals surface area contributed by atoms with Crippen molar-refractivity contribution in [3.8, 4) is 0 Å². The topological polar surface area (TPSA) is 12.0 Å². The van der Waals surface area contributed by atoms with Gasteiger partial charge in [-0.2, -0.15) is 0 Å². The lowest BCUT2D eigenvalue weighted by Crippen LogP contribution is -2.23. The molecule has 100 valence electrons. The van der Waals surface area contributed by atoms with Crippen LogP contribution in [-0.4, -0.2) is 6.54 Å². The maximum Gasteiger partial charge on any atom is 0.141 e. The van der Waals surface area contributed by atoms with Gasteiger partial charge >= 0.3 is 0 Å². The van der Waals surface area contributed by atoms with Crippen LogP contribution in [0.25, 0.3) is 0 Å². The van der Waals surface area contributed by atoms with Crippen molar-refractivity contribution in [1.82, 2.24) is 5.32 Å². The van der Waals surface area contributed by atoms with Gasteiger partial charge in [-0.15, -0.1) is 0 Å². The summed E-state index contributed by atoms with van der Waals surface area (Å²) in [6.45, 7) is 3.02. The zero-order chi connectivity index (χ0) is 13.7. The van der Waals surface area contributed by atoms with E-state index in [2.05, 4.69) is 24.4 Å². The Hall–Kier alpha value is -1.38. The summed E-state index contributed by atoms with van der Waals surface area (Å²) in [6.07, 6.45) is 1.04. The van der Waals surface area contributed by atoms with Crippen LogP contribution in [0.2, 0.25) is 5.02 Å². The molecule has 2 aromatic rings. The number of rotatable bonds is 5. The van der Waals surface area contributed by atoms with Crippen LogP contribution >= 0.6 is 11.6 Å². The average molecular weight is 278 g/mol. The third-order valence-electron chi connectivity index (χ3n) is 3.01. The van der Waals surface area contributed by atoms with Crippen molar-refractivity contribution >= 4 is 11.6 Å². The number of benzene rings is 2. The largest absolute Gasteiger partial charge is 0.306 e. The van der Waals surface area contributed by atoms with E-state index in [1.807, 2.05) is 18.2 Å². The van der Waals surface area contributed by atoms with E-state index in [9.17, 15) is 4.39 Å². The Bertz CT molecular complexity index is 528. The van der Waals surface area contributed by atoms with Gasteiger partial charge < -0.3 is 5.32 Å². The van der Waals surface area contributed by atoms with Crippen molar-refractivity contribution < 1.29 is 4.39 Å². The van der Waals surface area contributed by atoms with Crippen molar-refractivity contribution in [3.63, 3.8) is 0 Å². The average Bonchev–Trinajstić information content (AvgIpc) is 2.44. The van der Waals surface area contributed by atoms with Crippen LogP contribution in [0, 0.1) is 5.82 Å². The number of nitrogens with one attached hydrogen (secondary N) is 1. The Labute approximate surface area is 118 Å². The molecule has 1 unspecified atom stereocenters. The number of halogens is 2. The fourth-order valence-corrected chi connectivity index (χ4v) is 2.24. The van der Waals surface area contributed by atoms with Crippen molar-refractivity contribution in [2.75, 3.05) is 6.54 Å². The van der Waals surface area contributed by atoms with Crippen molar-refractivity contribution in [3.05, 3.63) is 70.5 Å². The van der Waals surface area contributed by atoms with Crippen LogP contribution in [0.3, 0.4) is 0 Å². The first kappa shape index (κ1) is 14.0. The Balaban J connectivity index is 2.34. The maximum absolute atomic E-state index is 13.3. The first-order chi connectivity index (χ1) is 9.22. The smallest absolute Gasteiger partial charge is 0.141 e. The van der Waals surface area contributed by atoms with Gasteiger partial charge in [0.1, 0.15) is 5.82 Å². The fraction of sp³-hybridized carbons (Fsp3) is 0.250. The predicted molar refractivity (Wildman–Crippen MR) is 78.0 cm³/mol. The SMILES string of the molecule is CCCNC(c1ccccc1)c1ccc(F)c(Cl)c1. The molecule has 2 rings (SSSR count). The minimum absolute atomic E-state index is 0.0410. The molecule has 0 aromatic heterocycles. The molecule has 0 radical (unpaired) electrons. The van der Waals surface area contributed by atoms with E-state index in [4.69, 9.17) is 11.6 Å². The molecule has 2 aromatic carbocycles. The highest BCUT2D eigenvalue weighted by atomic mass is 35.5. The molecule has 19 heavy (non-hydrogen) atoms. The highest BCUT2D eigenvalue weighted by molar-refractivity contribution is 6.30. The van der Waals surface area contributed by atoms with E-state index < -0.39 is 0 Å². The second kappa shape index (κ2) is 6.69. The molecule has 0 aliphatic heterocycles. The van der Waals surface area contributed by atoms with E-state index >= 15 is 0 Å². The lowest BCUT2D eigenvalue weighted by atomic mass is 9.98. The zero-order valence-electron chi connectivity index (χ0n) is 10.9. The second-order valence-corrected chi connectivity index (χ2v) is 4.88. The van der Waals surface area contributed by atoms with Gasteiger partial charge in [-0.05, 0) is 36.2 Å². The van der Waals surface area contributed by atoms with Crippen LogP contribution in [0.4, 0.5) is 4.39 Å². The highest BCUT2D eigenvalue weighted by Gasteiger charge is 2.14. The molecular formula is C16H17ClFN. The molecule has 3 heteroatoms. The molecule has 0 bridgehead atoms. The molecule has 0 saturated heterocycles. The molecule has 0 aliphatic rings. The van der Waals surface area contributed by atoms with Gasteiger partial charge in [0.15, 0.2) is 0 Å². The molecule has 0 spiro atoms. The summed E-state index contributed by atoms with van der Waals surface area (Å²) < 4.78 is 13.3. The minimum Gasteiger partial charge on any atom is -0.306 e. The minimum atomic E-state index is -0.382.